The first-order chi connectivity index (χ1) is 16.5. The minimum atomic E-state index is -0.700. The van der Waals surface area contributed by atoms with Crippen molar-refractivity contribution in [2.75, 3.05) is 13.2 Å². The van der Waals surface area contributed by atoms with Gasteiger partial charge in [-0.25, -0.2) is 4.98 Å². The van der Waals surface area contributed by atoms with E-state index in [0.717, 1.165) is 17.5 Å². The molecule has 4 rings (SSSR count). The number of aryl methyl sites for hydroxylation is 2. The van der Waals surface area contributed by atoms with E-state index in [1.165, 1.54) is 0 Å². The van der Waals surface area contributed by atoms with Gasteiger partial charge >= 0.3 is 0 Å². The molecule has 0 aliphatic carbocycles. The van der Waals surface area contributed by atoms with Gasteiger partial charge in [0, 0.05) is 31.0 Å². The van der Waals surface area contributed by atoms with Gasteiger partial charge in [0.15, 0.2) is 0 Å². The molecule has 1 fully saturated rings. The van der Waals surface area contributed by atoms with Crippen molar-refractivity contribution < 1.29 is 19.4 Å². The maximum absolute atomic E-state index is 13.2. The number of rotatable bonds is 9. The molecular weight excluding hydrogens is 430 g/mol. The van der Waals surface area contributed by atoms with Crippen LogP contribution in [0.2, 0.25) is 0 Å². The van der Waals surface area contributed by atoms with E-state index in [2.05, 4.69) is 4.98 Å². The van der Waals surface area contributed by atoms with Crippen molar-refractivity contribution in [3.8, 4) is 5.75 Å². The van der Waals surface area contributed by atoms with Crippen LogP contribution >= 0.6 is 0 Å². The van der Waals surface area contributed by atoms with Crippen molar-refractivity contribution in [1.29, 1.82) is 0 Å². The third kappa shape index (κ3) is 4.88. The summed E-state index contributed by atoms with van der Waals surface area (Å²) in [5, 5.41) is 11.2. The van der Waals surface area contributed by atoms with Crippen LogP contribution in [0, 0.1) is 6.92 Å². The summed E-state index contributed by atoms with van der Waals surface area (Å²) in [6, 6.07) is 14.0. The van der Waals surface area contributed by atoms with Gasteiger partial charge in [-0.3, -0.25) is 9.59 Å². The van der Waals surface area contributed by atoms with Crippen molar-refractivity contribution in [3.63, 3.8) is 0 Å². The minimum Gasteiger partial charge on any atom is -0.507 e. The Kier molecular flexibility index (Phi) is 7.11. The third-order valence-corrected chi connectivity index (χ3v) is 5.89. The SMILES string of the molecule is CCCOc1cccc([C@H]2C(=C(O)c3ccc(C)cc3)C(=O)C(=O)N2CCCn2ccnc2)c1. The van der Waals surface area contributed by atoms with Gasteiger partial charge in [0.25, 0.3) is 11.7 Å². The number of hydrogen-bond donors (Lipinski definition) is 1. The van der Waals surface area contributed by atoms with E-state index in [-0.39, 0.29) is 11.3 Å². The molecule has 1 aliphatic rings. The zero-order chi connectivity index (χ0) is 24.1. The lowest BCUT2D eigenvalue weighted by Crippen LogP contribution is -2.31. The van der Waals surface area contributed by atoms with Gasteiger partial charge in [-0.05, 0) is 37.5 Å². The molecule has 0 spiro atoms. The summed E-state index contributed by atoms with van der Waals surface area (Å²) < 4.78 is 7.72. The number of aliphatic hydroxyl groups is 1. The van der Waals surface area contributed by atoms with Crippen LogP contribution in [0.4, 0.5) is 0 Å². The quantitative estimate of drug-likeness (QED) is 0.289. The summed E-state index contributed by atoms with van der Waals surface area (Å²) in [6.07, 6.45) is 6.78. The predicted molar refractivity (Wildman–Crippen MR) is 129 cm³/mol. The number of Topliss-reactive ketones (excluding diaryl/α,β-unsaturated/α-hetero) is 1. The summed E-state index contributed by atoms with van der Waals surface area (Å²) in [5.41, 5.74) is 2.37. The van der Waals surface area contributed by atoms with Crippen molar-refractivity contribution in [2.45, 2.75) is 39.3 Å². The van der Waals surface area contributed by atoms with Crippen LogP contribution in [-0.2, 0) is 16.1 Å². The molecule has 176 valence electrons. The molecule has 0 bridgehead atoms. The first-order valence-corrected chi connectivity index (χ1v) is 11.5. The number of nitrogens with zero attached hydrogens (tertiary/aromatic N) is 3. The number of hydrogen-bond acceptors (Lipinski definition) is 5. The Morgan fingerprint density at radius 2 is 1.91 bits per heavy atom. The third-order valence-electron chi connectivity index (χ3n) is 5.89. The Morgan fingerprint density at radius 1 is 1.12 bits per heavy atom. The van der Waals surface area contributed by atoms with E-state index in [1.54, 1.807) is 29.6 Å². The van der Waals surface area contributed by atoms with E-state index in [0.29, 0.717) is 37.4 Å². The van der Waals surface area contributed by atoms with Gasteiger partial charge in [-0.2, -0.15) is 0 Å². The van der Waals surface area contributed by atoms with Crippen molar-refractivity contribution in [1.82, 2.24) is 14.5 Å². The standard InChI is InChI=1S/C27H29N3O4/c1-3-16-34-22-7-4-6-21(17-22)24-23(25(31)20-10-8-19(2)9-11-20)26(32)27(33)30(24)14-5-13-29-15-12-28-18-29/h4,6-12,15,17-18,24,31H,3,5,13-14,16H2,1-2H3/t24-/m0/s1. The number of imidazole rings is 1. The number of likely N-dealkylation sites (tertiary alicyclic amines) is 1. The fourth-order valence-corrected chi connectivity index (χ4v) is 4.16. The second-order valence-electron chi connectivity index (χ2n) is 8.43. The fourth-order valence-electron chi connectivity index (χ4n) is 4.16. The minimum absolute atomic E-state index is 0.101. The summed E-state index contributed by atoms with van der Waals surface area (Å²) in [5.74, 6) is -0.784. The lowest BCUT2D eigenvalue weighted by atomic mass is 9.95. The summed E-state index contributed by atoms with van der Waals surface area (Å²) in [7, 11) is 0. The maximum Gasteiger partial charge on any atom is 0.295 e. The van der Waals surface area contributed by atoms with Gasteiger partial charge in [-0.15, -0.1) is 0 Å². The van der Waals surface area contributed by atoms with Crippen LogP contribution in [-0.4, -0.2) is 44.4 Å². The van der Waals surface area contributed by atoms with E-state index in [1.807, 2.05) is 61.0 Å². The molecule has 1 atom stereocenters. The van der Waals surface area contributed by atoms with E-state index in [4.69, 9.17) is 4.74 Å². The Labute approximate surface area is 199 Å². The first-order valence-electron chi connectivity index (χ1n) is 11.5. The molecule has 1 saturated heterocycles. The Bertz CT molecular complexity index is 1180. The lowest BCUT2D eigenvalue weighted by molar-refractivity contribution is -0.139. The molecule has 2 aromatic carbocycles. The van der Waals surface area contributed by atoms with E-state index in [9.17, 15) is 14.7 Å². The van der Waals surface area contributed by atoms with Gasteiger partial charge in [0.05, 0.1) is 24.5 Å². The van der Waals surface area contributed by atoms with Gasteiger partial charge < -0.3 is 19.3 Å². The highest BCUT2D eigenvalue weighted by atomic mass is 16.5. The second-order valence-corrected chi connectivity index (χ2v) is 8.43. The van der Waals surface area contributed by atoms with Crippen molar-refractivity contribution in [3.05, 3.63) is 89.5 Å². The van der Waals surface area contributed by atoms with Crippen LogP contribution in [0.15, 0.2) is 72.8 Å². The summed E-state index contributed by atoms with van der Waals surface area (Å²) in [6.45, 7) is 5.56. The molecule has 1 amide bonds. The van der Waals surface area contributed by atoms with Crippen LogP contribution in [0.5, 0.6) is 5.75 Å². The van der Waals surface area contributed by atoms with Gasteiger partial charge in [0.1, 0.15) is 11.5 Å². The highest BCUT2D eigenvalue weighted by Crippen LogP contribution is 2.40. The van der Waals surface area contributed by atoms with Gasteiger partial charge in [-0.1, -0.05) is 48.9 Å². The molecule has 0 saturated carbocycles. The van der Waals surface area contributed by atoms with Gasteiger partial charge in [0.2, 0.25) is 0 Å². The molecule has 2 heterocycles. The first kappa shape index (κ1) is 23.3. The molecule has 0 radical (unpaired) electrons. The number of aliphatic hydroxyl groups excluding tert-OH is 1. The predicted octanol–water partition coefficient (Wildman–Crippen LogP) is 4.49. The molecular formula is C27H29N3O4. The van der Waals surface area contributed by atoms with E-state index >= 15 is 0 Å². The maximum atomic E-state index is 13.2. The lowest BCUT2D eigenvalue weighted by Gasteiger charge is -2.26. The monoisotopic (exact) mass is 459 g/mol. The highest BCUT2D eigenvalue weighted by molar-refractivity contribution is 6.46. The number of ether oxygens (including phenoxy) is 1. The summed E-state index contributed by atoms with van der Waals surface area (Å²) >= 11 is 0. The number of carbonyl (C=O) groups excluding carboxylic acids is 2. The number of carbonyl (C=O) groups is 2. The highest BCUT2D eigenvalue weighted by Gasteiger charge is 2.45. The van der Waals surface area contributed by atoms with Crippen LogP contribution < -0.4 is 4.74 Å². The van der Waals surface area contributed by atoms with E-state index < -0.39 is 17.7 Å². The molecule has 7 nitrogen and oxygen atoms in total. The molecule has 1 aromatic heterocycles. The number of aromatic nitrogens is 2. The zero-order valence-electron chi connectivity index (χ0n) is 19.5. The van der Waals surface area contributed by atoms with Crippen LogP contribution in [0.3, 0.4) is 0 Å². The molecule has 34 heavy (non-hydrogen) atoms. The average molecular weight is 460 g/mol. The number of amides is 1. The summed E-state index contributed by atoms with van der Waals surface area (Å²) in [4.78, 5) is 31.9. The molecule has 3 aromatic rings. The zero-order valence-corrected chi connectivity index (χ0v) is 19.5. The fraction of sp³-hybridized carbons (Fsp3) is 0.296. The topological polar surface area (TPSA) is 84.7 Å². The Hall–Kier alpha value is -3.87. The molecule has 0 unspecified atom stereocenters. The smallest absolute Gasteiger partial charge is 0.295 e. The Balaban J connectivity index is 1.73. The average Bonchev–Trinajstić information content (AvgIpc) is 3.45. The molecule has 1 aliphatic heterocycles. The van der Waals surface area contributed by atoms with Crippen molar-refractivity contribution in [2.24, 2.45) is 0 Å². The van der Waals surface area contributed by atoms with Crippen molar-refractivity contribution >= 4 is 17.4 Å². The number of ketones is 1. The molecule has 7 heteroatoms. The molecule has 1 N–H and O–H groups in total. The second kappa shape index (κ2) is 10.4. The normalized spacial score (nSPS) is 17.4. The van der Waals surface area contributed by atoms with Crippen LogP contribution in [0.25, 0.3) is 5.76 Å². The number of benzene rings is 2. The Morgan fingerprint density at radius 3 is 2.62 bits per heavy atom. The van der Waals surface area contributed by atoms with Crippen LogP contribution in [0.1, 0.15) is 42.5 Å². The largest absolute Gasteiger partial charge is 0.507 e.